The van der Waals surface area contributed by atoms with Crippen LogP contribution < -0.4 is 0 Å². The molecule has 2 heterocycles. The van der Waals surface area contributed by atoms with E-state index in [-0.39, 0.29) is 0 Å². The van der Waals surface area contributed by atoms with Crippen molar-refractivity contribution in [3.8, 4) is 0 Å². The maximum absolute atomic E-state index is 12.6. The molecule has 0 amide bonds. The molecule has 2 aliphatic rings. The molecular formula is C14H21N3O2S. The fraction of sp³-hybridized carbons (Fsp3) is 0.643. The summed E-state index contributed by atoms with van der Waals surface area (Å²) in [7, 11) is -3.38. The zero-order chi connectivity index (χ0) is 14.3. The van der Waals surface area contributed by atoms with Crippen LogP contribution in [0.2, 0.25) is 0 Å². The Balaban J connectivity index is 1.80. The highest BCUT2D eigenvalue weighted by Crippen LogP contribution is 2.37. The normalized spacial score (nSPS) is 27.4. The van der Waals surface area contributed by atoms with Crippen LogP contribution in [0.15, 0.2) is 28.9 Å². The van der Waals surface area contributed by atoms with Gasteiger partial charge >= 0.3 is 0 Å². The van der Waals surface area contributed by atoms with Crippen LogP contribution in [0.3, 0.4) is 0 Å². The molecule has 0 aromatic carbocycles. The van der Waals surface area contributed by atoms with Crippen molar-refractivity contribution in [2.24, 2.45) is 11.8 Å². The Labute approximate surface area is 120 Å². The molecule has 1 aliphatic carbocycles. The molecule has 1 saturated heterocycles. The second kappa shape index (κ2) is 5.00. The quantitative estimate of drug-likeness (QED) is 0.800. The van der Waals surface area contributed by atoms with Gasteiger partial charge in [-0.15, -0.1) is 0 Å². The van der Waals surface area contributed by atoms with Crippen molar-refractivity contribution in [3.63, 3.8) is 0 Å². The van der Waals surface area contributed by atoms with E-state index < -0.39 is 10.0 Å². The maximum Gasteiger partial charge on any atom is 0.246 e. The van der Waals surface area contributed by atoms with E-state index in [1.807, 2.05) is 6.92 Å². The van der Waals surface area contributed by atoms with Crippen LogP contribution in [0.4, 0.5) is 0 Å². The van der Waals surface area contributed by atoms with Gasteiger partial charge in [-0.3, -0.25) is 4.68 Å². The molecule has 6 heteroatoms. The van der Waals surface area contributed by atoms with E-state index in [4.69, 9.17) is 0 Å². The molecule has 0 saturated carbocycles. The number of allylic oxidation sites excluding steroid dienone is 2. The van der Waals surface area contributed by atoms with Crippen LogP contribution in [-0.2, 0) is 16.6 Å². The van der Waals surface area contributed by atoms with Crippen molar-refractivity contribution in [2.75, 3.05) is 13.1 Å². The monoisotopic (exact) mass is 295 g/mol. The number of sulfonamides is 1. The van der Waals surface area contributed by atoms with Crippen LogP contribution in [0.25, 0.3) is 0 Å². The number of aromatic nitrogens is 2. The summed E-state index contributed by atoms with van der Waals surface area (Å²) >= 11 is 0. The van der Waals surface area contributed by atoms with E-state index in [0.29, 0.717) is 36.4 Å². The zero-order valence-corrected chi connectivity index (χ0v) is 12.8. The van der Waals surface area contributed by atoms with Gasteiger partial charge in [0.05, 0.1) is 6.20 Å². The molecule has 2 atom stereocenters. The van der Waals surface area contributed by atoms with Crippen molar-refractivity contribution in [3.05, 3.63) is 24.0 Å². The second-order valence-corrected chi connectivity index (χ2v) is 7.80. The summed E-state index contributed by atoms with van der Waals surface area (Å²) in [6.45, 7) is 6.06. The smallest absolute Gasteiger partial charge is 0.246 e. The summed E-state index contributed by atoms with van der Waals surface area (Å²) in [6.07, 6.45) is 7.39. The second-order valence-electron chi connectivity index (χ2n) is 5.86. The molecule has 1 fully saturated rings. The number of nitrogens with zero attached hydrogens (tertiary/aromatic N) is 3. The Morgan fingerprint density at radius 3 is 2.80 bits per heavy atom. The summed E-state index contributed by atoms with van der Waals surface area (Å²) in [5.74, 6) is 0.964. The fourth-order valence-electron chi connectivity index (χ4n) is 3.24. The van der Waals surface area contributed by atoms with Gasteiger partial charge in [0.1, 0.15) is 4.90 Å². The van der Waals surface area contributed by atoms with Crippen molar-refractivity contribution >= 4 is 10.0 Å². The molecule has 1 aromatic heterocycles. The van der Waals surface area contributed by atoms with Crippen LogP contribution in [0.5, 0.6) is 0 Å². The Morgan fingerprint density at radius 1 is 1.35 bits per heavy atom. The minimum Gasteiger partial charge on any atom is -0.272 e. The molecule has 1 aliphatic heterocycles. The van der Waals surface area contributed by atoms with E-state index in [9.17, 15) is 8.42 Å². The van der Waals surface area contributed by atoms with Gasteiger partial charge in [0.2, 0.25) is 10.0 Å². The molecule has 0 bridgehead atoms. The first-order valence-electron chi connectivity index (χ1n) is 7.19. The number of rotatable bonds is 3. The van der Waals surface area contributed by atoms with E-state index >= 15 is 0 Å². The third-order valence-electron chi connectivity index (χ3n) is 4.47. The van der Waals surface area contributed by atoms with E-state index in [1.165, 1.54) is 11.8 Å². The maximum atomic E-state index is 12.6. The van der Waals surface area contributed by atoms with Crippen molar-refractivity contribution in [1.29, 1.82) is 0 Å². The molecule has 0 radical (unpaired) electrons. The van der Waals surface area contributed by atoms with E-state index in [1.54, 1.807) is 15.2 Å². The highest BCUT2D eigenvalue weighted by molar-refractivity contribution is 7.89. The van der Waals surface area contributed by atoms with Gasteiger partial charge in [-0.25, -0.2) is 8.42 Å². The lowest BCUT2D eigenvalue weighted by Crippen LogP contribution is -2.29. The van der Waals surface area contributed by atoms with Gasteiger partial charge in [0.25, 0.3) is 0 Å². The first-order valence-corrected chi connectivity index (χ1v) is 8.63. The lowest BCUT2D eigenvalue weighted by Gasteiger charge is -2.22. The van der Waals surface area contributed by atoms with Crippen molar-refractivity contribution in [2.45, 2.75) is 38.1 Å². The Bertz CT molecular complexity index is 633. The molecule has 0 N–H and O–H groups in total. The minimum absolute atomic E-state index is 0.322. The molecule has 5 nitrogen and oxygen atoms in total. The number of hydrogen-bond acceptors (Lipinski definition) is 3. The average molecular weight is 295 g/mol. The first-order chi connectivity index (χ1) is 9.50. The summed E-state index contributed by atoms with van der Waals surface area (Å²) < 4.78 is 28.6. The standard InChI is InChI=1S/C14H21N3O2S/c1-3-16-10-14(7-15-16)20(18,19)17-8-12-5-4-11(2)6-13(12)9-17/h4,7,10,12-13H,3,5-6,8-9H2,1-2H3/t12-,13+/m1/s1. The van der Waals surface area contributed by atoms with Crippen molar-refractivity contribution < 1.29 is 8.42 Å². The predicted molar refractivity (Wildman–Crippen MR) is 76.6 cm³/mol. The number of hydrogen-bond donors (Lipinski definition) is 0. The van der Waals surface area contributed by atoms with Crippen LogP contribution in [-0.4, -0.2) is 35.6 Å². The highest BCUT2D eigenvalue weighted by atomic mass is 32.2. The van der Waals surface area contributed by atoms with Gasteiger partial charge in [0, 0.05) is 25.8 Å². The van der Waals surface area contributed by atoms with Gasteiger partial charge in [0.15, 0.2) is 0 Å². The molecule has 20 heavy (non-hydrogen) atoms. The Morgan fingerprint density at radius 2 is 2.10 bits per heavy atom. The summed E-state index contributed by atoms with van der Waals surface area (Å²) in [4.78, 5) is 0.322. The molecule has 110 valence electrons. The Kier molecular flexibility index (Phi) is 3.46. The summed E-state index contributed by atoms with van der Waals surface area (Å²) in [6, 6.07) is 0. The fourth-order valence-corrected chi connectivity index (χ4v) is 4.75. The van der Waals surface area contributed by atoms with Crippen LogP contribution in [0.1, 0.15) is 26.7 Å². The van der Waals surface area contributed by atoms with E-state index in [0.717, 1.165) is 12.8 Å². The van der Waals surface area contributed by atoms with Gasteiger partial charge in [-0.05, 0) is 38.5 Å². The summed E-state index contributed by atoms with van der Waals surface area (Å²) in [5.41, 5.74) is 1.39. The first kappa shape index (κ1) is 13.8. The highest BCUT2D eigenvalue weighted by Gasteiger charge is 2.40. The zero-order valence-electron chi connectivity index (χ0n) is 12.0. The molecule has 1 aromatic rings. The van der Waals surface area contributed by atoms with E-state index in [2.05, 4.69) is 18.1 Å². The van der Waals surface area contributed by atoms with Crippen LogP contribution in [0, 0.1) is 11.8 Å². The SMILES string of the molecule is CCn1cc(S(=O)(=O)N2C[C@H]3CC=C(C)C[C@H]3C2)cn1. The largest absolute Gasteiger partial charge is 0.272 e. The van der Waals surface area contributed by atoms with Crippen LogP contribution >= 0.6 is 0 Å². The predicted octanol–water partition coefficient (Wildman–Crippen LogP) is 1.88. The lowest BCUT2D eigenvalue weighted by molar-refractivity contribution is 0.400. The van der Waals surface area contributed by atoms with Crippen molar-refractivity contribution in [1.82, 2.24) is 14.1 Å². The molecule has 0 unspecified atom stereocenters. The number of fused-ring (bicyclic) bond motifs is 1. The lowest BCUT2D eigenvalue weighted by atomic mass is 9.83. The molecule has 0 spiro atoms. The van der Waals surface area contributed by atoms with Gasteiger partial charge < -0.3 is 0 Å². The topological polar surface area (TPSA) is 55.2 Å². The van der Waals surface area contributed by atoms with Gasteiger partial charge in [-0.2, -0.15) is 9.40 Å². The molecule has 3 rings (SSSR count). The third kappa shape index (κ3) is 2.31. The van der Waals surface area contributed by atoms with Gasteiger partial charge in [-0.1, -0.05) is 11.6 Å². The Hall–Kier alpha value is -1.14. The molecular weight excluding hydrogens is 274 g/mol. The summed E-state index contributed by atoms with van der Waals surface area (Å²) in [5, 5.41) is 4.08. The third-order valence-corrected chi connectivity index (χ3v) is 6.25. The number of aryl methyl sites for hydroxylation is 1. The average Bonchev–Trinajstić information content (AvgIpc) is 3.04. The minimum atomic E-state index is -3.38.